The molecular formula is C17H19F3N4O2. The second-order valence-electron chi connectivity index (χ2n) is 6.45. The molecule has 26 heavy (non-hydrogen) atoms. The van der Waals surface area contributed by atoms with Crippen molar-refractivity contribution in [3.05, 3.63) is 35.7 Å². The number of rotatable bonds is 4. The van der Waals surface area contributed by atoms with E-state index < -0.39 is 11.7 Å². The summed E-state index contributed by atoms with van der Waals surface area (Å²) in [7, 11) is 3.43. The van der Waals surface area contributed by atoms with E-state index in [4.69, 9.17) is 4.52 Å². The fourth-order valence-electron chi connectivity index (χ4n) is 3.01. The van der Waals surface area contributed by atoms with Crippen molar-refractivity contribution < 1.29 is 22.5 Å². The minimum Gasteiger partial charge on any atom is -0.347 e. The molecule has 0 unspecified atom stereocenters. The third kappa shape index (κ3) is 3.87. The first-order chi connectivity index (χ1) is 12.3. The van der Waals surface area contributed by atoms with Crippen molar-refractivity contribution in [1.29, 1.82) is 0 Å². The highest BCUT2D eigenvalue weighted by Crippen LogP contribution is 2.30. The van der Waals surface area contributed by atoms with Gasteiger partial charge in [-0.25, -0.2) is 0 Å². The number of nitrogens with zero attached hydrogens (tertiary/aromatic N) is 4. The average Bonchev–Trinajstić information content (AvgIpc) is 3.23. The molecule has 1 atom stereocenters. The summed E-state index contributed by atoms with van der Waals surface area (Å²) in [6, 6.07) is 4.37. The maximum Gasteiger partial charge on any atom is 0.416 e. The molecule has 2 heterocycles. The van der Waals surface area contributed by atoms with Gasteiger partial charge >= 0.3 is 6.18 Å². The summed E-state index contributed by atoms with van der Waals surface area (Å²) < 4.78 is 43.1. The van der Waals surface area contributed by atoms with Crippen LogP contribution in [0.15, 0.2) is 28.8 Å². The first kappa shape index (κ1) is 18.4. The Morgan fingerprint density at radius 1 is 1.31 bits per heavy atom. The van der Waals surface area contributed by atoms with Gasteiger partial charge in [-0.2, -0.15) is 18.2 Å². The van der Waals surface area contributed by atoms with E-state index in [1.54, 1.807) is 19.0 Å². The Bertz CT molecular complexity index is 771. The highest BCUT2D eigenvalue weighted by atomic mass is 19.4. The van der Waals surface area contributed by atoms with Crippen molar-refractivity contribution in [3.8, 4) is 11.4 Å². The van der Waals surface area contributed by atoms with Crippen LogP contribution in [-0.4, -0.2) is 52.5 Å². The normalized spacial score (nSPS) is 18.3. The number of carbonyl (C=O) groups is 1. The van der Waals surface area contributed by atoms with E-state index >= 15 is 0 Å². The number of benzene rings is 1. The molecule has 0 radical (unpaired) electrons. The zero-order valence-corrected chi connectivity index (χ0v) is 14.5. The van der Waals surface area contributed by atoms with Crippen molar-refractivity contribution in [2.45, 2.75) is 31.6 Å². The Morgan fingerprint density at radius 2 is 2.00 bits per heavy atom. The smallest absolute Gasteiger partial charge is 0.347 e. The van der Waals surface area contributed by atoms with Gasteiger partial charge in [0, 0.05) is 19.7 Å². The molecule has 140 valence electrons. The maximum atomic E-state index is 12.6. The van der Waals surface area contributed by atoms with Crippen molar-refractivity contribution in [2.24, 2.45) is 0 Å². The van der Waals surface area contributed by atoms with Crippen LogP contribution >= 0.6 is 0 Å². The number of amides is 1. The first-order valence-corrected chi connectivity index (χ1v) is 8.21. The van der Waals surface area contributed by atoms with Gasteiger partial charge in [0.1, 0.15) is 0 Å². The van der Waals surface area contributed by atoms with Gasteiger partial charge in [0.2, 0.25) is 17.6 Å². The third-order valence-electron chi connectivity index (χ3n) is 4.37. The van der Waals surface area contributed by atoms with Crippen molar-refractivity contribution in [3.63, 3.8) is 0 Å². The predicted molar refractivity (Wildman–Crippen MR) is 86.9 cm³/mol. The van der Waals surface area contributed by atoms with Gasteiger partial charge in [-0.05, 0) is 31.5 Å². The zero-order valence-electron chi connectivity index (χ0n) is 14.5. The molecule has 0 aliphatic carbocycles. The number of aromatic nitrogens is 2. The van der Waals surface area contributed by atoms with Crippen molar-refractivity contribution in [1.82, 2.24) is 19.9 Å². The summed E-state index contributed by atoms with van der Waals surface area (Å²) in [6.07, 6.45) is -2.70. The lowest BCUT2D eigenvalue weighted by Crippen LogP contribution is -2.42. The number of likely N-dealkylation sites (N-methyl/N-ethyl adjacent to an activating group) is 1. The molecule has 1 aliphatic rings. The van der Waals surface area contributed by atoms with Crippen LogP contribution in [0.4, 0.5) is 13.2 Å². The number of likely N-dealkylation sites (tertiary alicyclic amines) is 1. The molecule has 1 amide bonds. The van der Waals surface area contributed by atoms with E-state index in [-0.39, 0.29) is 17.8 Å². The number of carbonyl (C=O) groups excluding carboxylic acids is 1. The van der Waals surface area contributed by atoms with Gasteiger partial charge in [-0.15, -0.1) is 0 Å². The first-order valence-electron chi connectivity index (χ1n) is 8.21. The minimum absolute atomic E-state index is 0.0324. The lowest BCUT2D eigenvalue weighted by molar-refractivity contribution is -0.137. The van der Waals surface area contributed by atoms with E-state index in [0.29, 0.717) is 18.0 Å². The number of halogens is 3. The second kappa shape index (κ2) is 7.06. The lowest BCUT2D eigenvalue weighted by Gasteiger charge is -2.24. The molecule has 6 nitrogen and oxygen atoms in total. The highest BCUT2D eigenvalue weighted by Gasteiger charge is 2.33. The van der Waals surface area contributed by atoms with E-state index in [2.05, 4.69) is 10.1 Å². The largest absolute Gasteiger partial charge is 0.416 e. The predicted octanol–water partition coefficient (Wildman–Crippen LogP) is 2.81. The Morgan fingerprint density at radius 3 is 2.62 bits per heavy atom. The number of hydrogen-bond acceptors (Lipinski definition) is 5. The van der Waals surface area contributed by atoms with Gasteiger partial charge in [-0.1, -0.05) is 17.3 Å². The van der Waals surface area contributed by atoms with Gasteiger partial charge in [0.25, 0.3) is 0 Å². The van der Waals surface area contributed by atoms with Crippen molar-refractivity contribution in [2.75, 3.05) is 20.6 Å². The quantitative estimate of drug-likeness (QED) is 0.831. The zero-order chi connectivity index (χ0) is 18.9. The fourth-order valence-corrected chi connectivity index (χ4v) is 3.01. The Balaban J connectivity index is 1.71. The Hall–Kier alpha value is -2.42. The van der Waals surface area contributed by atoms with Gasteiger partial charge in [0.15, 0.2) is 0 Å². The van der Waals surface area contributed by atoms with E-state index in [1.165, 1.54) is 12.1 Å². The molecular weight excluding hydrogens is 349 g/mol. The summed E-state index contributed by atoms with van der Waals surface area (Å²) >= 11 is 0. The third-order valence-corrected chi connectivity index (χ3v) is 4.37. The molecule has 2 aromatic rings. The summed E-state index contributed by atoms with van der Waals surface area (Å²) in [5.74, 6) is 0.590. The van der Waals surface area contributed by atoms with E-state index in [1.807, 2.05) is 4.90 Å². The maximum absolute atomic E-state index is 12.6. The molecule has 1 aromatic carbocycles. The summed E-state index contributed by atoms with van der Waals surface area (Å²) in [5.41, 5.74) is -0.289. The molecule has 1 saturated heterocycles. The van der Waals surface area contributed by atoms with E-state index in [9.17, 15) is 18.0 Å². The summed E-state index contributed by atoms with van der Waals surface area (Å²) in [5, 5.41) is 3.84. The minimum atomic E-state index is -4.38. The van der Waals surface area contributed by atoms with Crippen LogP contribution in [0.25, 0.3) is 11.4 Å². The van der Waals surface area contributed by atoms with Crippen LogP contribution < -0.4 is 0 Å². The van der Waals surface area contributed by atoms with Crippen LogP contribution in [0.1, 0.15) is 24.3 Å². The SMILES string of the molecule is CN(C)C(=O)[C@@H]1CCCN1Cc1nc(-c2ccc(C(F)(F)F)cc2)no1. The van der Waals surface area contributed by atoms with Gasteiger partial charge in [-0.3, -0.25) is 9.69 Å². The summed E-state index contributed by atoms with van der Waals surface area (Å²) in [6.45, 7) is 1.08. The van der Waals surface area contributed by atoms with Crippen LogP contribution in [0.2, 0.25) is 0 Å². The average molecular weight is 368 g/mol. The number of alkyl halides is 3. The monoisotopic (exact) mass is 368 g/mol. The summed E-state index contributed by atoms with van der Waals surface area (Å²) in [4.78, 5) is 20.0. The molecule has 1 aromatic heterocycles. The van der Waals surface area contributed by atoms with Gasteiger partial charge < -0.3 is 9.42 Å². The molecule has 0 saturated carbocycles. The molecule has 9 heteroatoms. The van der Waals surface area contributed by atoms with Crippen LogP contribution in [-0.2, 0) is 17.5 Å². The Labute approximate surface area is 148 Å². The van der Waals surface area contributed by atoms with E-state index in [0.717, 1.165) is 31.5 Å². The van der Waals surface area contributed by atoms with Crippen LogP contribution in [0, 0.1) is 0 Å². The highest BCUT2D eigenvalue weighted by molar-refractivity contribution is 5.81. The van der Waals surface area contributed by atoms with Crippen LogP contribution in [0.3, 0.4) is 0 Å². The molecule has 0 bridgehead atoms. The molecule has 0 spiro atoms. The lowest BCUT2D eigenvalue weighted by atomic mass is 10.1. The van der Waals surface area contributed by atoms with Crippen molar-refractivity contribution >= 4 is 5.91 Å². The topological polar surface area (TPSA) is 62.5 Å². The molecule has 3 rings (SSSR count). The van der Waals surface area contributed by atoms with Gasteiger partial charge in [0.05, 0.1) is 18.2 Å². The molecule has 0 N–H and O–H groups in total. The Kier molecular flexibility index (Phi) is 4.99. The van der Waals surface area contributed by atoms with Crippen LogP contribution in [0.5, 0.6) is 0 Å². The molecule has 1 aliphatic heterocycles. The fraction of sp³-hybridized carbons (Fsp3) is 0.471. The number of hydrogen-bond donors (Lipinski definition) is 0. The molecule has 1 fully saturated rings. The standard InChI is InChI=1S/C17H19F3N4O2/c1-23(2)16(25)13-4-3-9-24(13)10-14-21-15(22-26-14)11-5-7-12(8-6-11)17(18,19)20/h5-8,13H,3-4,9-10H2,1-2H3/t13-/m0/s1. The second-order valence-corrected chi connectivity index (χ2v) is 6.45.